The van der Waals surface area contributed by atoms with Crippen LogP contribution >= 0.6 is 27.7 Å². The minimum Gasteiger partial charge on any atom is -0.379 e. The highest BCUT2D eigenvalue weighted by Gasteiger charge is 2.27. The minimum absolute atomic E-state index is 0.0610. The van der Waals surface area contributed by atoms with E-state index in [9.17, 15) is 18.0 Å². The molecule has 1 aromatic rings. The second-order valence-electron chi connectivity index (χ2n) is 4.87. The van der Waals surface area contributed by atoms with Crippen LogP contribution in [0.1, 0.15) is 19.3 Å². The third-order valence-electron chi connectivity index (χ3n) is 3.32. The second-order valence-corrected chi connectivity index (χ2v) is 6.89. The van der Waals surface area contributed by atoms with Crippen molar-refractivity contribution in [2.24, 2.45) is 5.92 Å². The van der Waals surface area contributed by atoms with E-state index < -0.39 is 5.51 Å². The molecule has 1 heterocycles. The molecule has 9 heteroatoms. The van der Waals surface area contributed by atoms with Gasteiger partial charge in [0.2, 0.25) is 0 Å². The zero-order valence-electron chi connectivity index (χ0n) is 11.1. The highest BCUT2D eigenvalue weighted by molar-refractivity contribution is 9.10. The van der Waals surface area contributed by atoms with E-state index in [1.165, 1.54) is 17.3 Å². The summed E-state index contributed by atoms with van der Waals surface area (Å²) in [5, 5.41) is 6.82. The molecule has 1 N–H and O–H groups in total. The zero-order valence-corrected chi connectivity index (χ0v) is 13.5. The van der Waals surface area contributed by atoms with E-state index in [-0.39, 0.29) is 35.3 Å². The number of hydrogen-bond acceptors (Lipinski definition) is 4. The molecule has 1 aliphatic rings. The summed E-state index contributed by atoms with van der Waals surface area (Å²) in [5.74, 6) is 0.324. The third kappa shape index (κ3) is 4.91. The maximum absolute atomic E-state index is 12.2. The SMILES string of the molecule is O=c1c(NCCSC(F)(F)F)c(Br)cnn1CC1CCC1. The maximum Gasteiger partial charge on any atom is 0.441 e. The third-order valence-corrected chi connectivity index (χ3v) is 4.66. The van der Waals surface area contributed by atoms with Crippen molar-refractivity contribution in [3.05, 3.63) is 21.0 Å². The normalized spacial score (nSPS) is 15.8. The van der Waals surface area contributed by atoms with Crippen LogP contribution in [0.2, 0.25) is 0 Å². The molecule has 1 saturated carbocycles. The van der Waals surface area contributed by atoms with Crippen molar-refractivity contribution < 1.29 is 13.2 Å². The first-order valence-corrected chi connectivity index (χ1v) is 8.35. The van der Waals surface area contributed by atoms with Gasteiger partial charge in [0.05, 0.1) is 10.7 Å². The number of rotatable bonds is 6. The fraction of sp³-hybridized carbons (Fsp3) is 0.667. The predicted octanol–water partition coefficient (Wildman–Crippen LogP) is 3.47. The van der Waals surface area contributed by atoms with Crippen LogP contribution in [-0.2, 0) is 6.54 Å². The largest absolute Gasteiger partial charge is 0.441 e. The summed E-state index contributed by atoms with van der Waals surface area (Å²) < 4.78 is 38.0. The summed E-state index contributed by atoms with van der Waals surface area (Å²) in [6.45, 7) is 0.629. The zero-order chi connectivity index (χ0) is 15.5. The lowest BCUT2D eigenvalue weighted by Gasteiger charge is -2.25. The average Bonchev–Trinajstić information content (AvgIpc) is 2.33. The Morgan fingerprint density at radius 3 is 2.76 bits per heavy atom. The summed E-state index contributed by atoms with van der Waals surface area (Å²) >= 11 is 3.09. The summed E-state index contributed by atoms with van der Waals surface area (Å²) in [7, 11) is 0. The maximum atomic E-state index is 12.2. The standard InChI is InChI=1S/C12H15BrF3N3OS/c13-9-6-18-19(7-8-2-1-3-8)11(20)10(9)17-4-5-21-12(14,15)16/h6,8,17H,1-5,7H2. The Morgan fingerprint density at radius 1 is 1.48 bits per heavy atom. The molecule has 1 aliphatic carbocycles. The fourth-order valence-corrected chi connectivity index (χ4v) is 2.86. The average molecular weight is 386 g/mol. The Bertz CT molecular complexity index is 546. The van der Waals surface area contributed by atoms with Crippen molar-refractivity contribution in [3.63, 3.8) is 0 Å². The van der Waals surface area contributed by atoms with Crippen LogP contribution in [0.4, 0.5) is 18.9 Å². The molecule has 0 spiro atoms. The van der Waals surface area contributed by atoms with E-state index in [1.807, 2.05) is 0 Å². The topological polar surface area (TPSA) is 46.9 Å². The predicted molar refractivity (Wildman–Crippen MR) is 80.5 cm³/mol. The molecule has 4 nitrogen and oxygen atoms in total. The molecule has 0 aromatic carbocycles. The van der Waals surface area contributed by atoms with Gasteiger partial charge in [0, 0.05) is 18.8 Å². The van der Waals surface area contributed by atoms with Gasteiger partial charge in [0.15, 0.2) is 0 Å². The molecule has 21 heavy (non-hydrogen) atoms. The lowest BCUT2D eigenvalue weighted by molar-refractivity contribution is -0.0327. The summed E-state index contributed by atoms with van der Waals surface area (Å²) in [5.41, 5.74) is -4.28. The molecule has 0 bridgehead atoms. The van der Waals surface area contributed by atoms with Crippen LogP contribution in [0.5, 0.6) is 0 Å². The van der Waals surface area contributed by atoms with Crippen LogP contribution in [0.15, 0.2) is 15.5 Å². The van der Waals surface area contributed by atoms with Crippen molar-refractivity contribution in [1.29, 1.82) is 0 Å². The Hall–Kier alpha value is -0.700. The van der Waals surface area contributed by atoms with Gasteiger partial charge < -0.3 is 5.32 Å². The van der Waals surface area contributed by atoms with Crippen molar-refractivity contribution in [3.8, 4) is 0 Å². The molecule has 0 atom stereocenters. The number of nitrogens with one attached hydrogen (secondary N) is 1. The van der Waals surface area contributed by atoms with Crippen LogP contribution < -0.4 is 10.9 Å². The van der Waals surface area contributed by atoms with E-state index in [2.05, 4.69) is 26.3 Å². The van der Waals surface area contributed by atoms with E-state index >= 15 is 0 Å². The molecule has 0 unspecified atom stereocenters. The highest BCUT2D eigenvalue weighted by Crippen LogP contribution is 2.30. The molecule has 1 fully saturated rings. The number of anilines is 1. The first kappa shape index (κ1) is 16.7. The van der Waals surface area contributed by atoms with Gasteiger partial charge in [-0.25, -0.2) is 4.68 Å². The van der Waals surface area contributed by atoms with E-state index in [4.69, 9.17) is 0 Å². The molecular formula is C12H15BrF3N3OS. The van der Waals surface area contributed by atoms with E-state index in [0.29, 0.717) is 16.9 Å². The Morgan fingerprint density at radius 2 is 2.19 bits per heavy atom. The fourth-order valence-electron chi connectivity index (χ4n) is 2.02. The first-order chi connectivity index (χ1) is 9.87. The number of aromatic nitrogens is 2. The quantitative estimate of drug-likeness (QED) is 0.761. The summed E-state index contributed by atoms with van der Waals surface area (Å²) in [4.78, 5) is 12.2. The summed E-state index contributed by atoms with van der Waals surface area (Å²) in [6, 6.07) is 0. The molecule has 1 aromatic heterocycles. The van der Waals surface area contributed by atoms with Crippen molar-refractivity contribution >= 4 is 33.4 Å². The Labute approximate surface area is 132 Å². The van der Waals surface area contributed by atoms with Gasteiger partial charge in [-0.3, -0.25) is 4.79 Å². The van der Waals surface area contributed by atoms with Gasteiger partial charge in [-0.2, -0.15) is 18.3 Å². The highest BCUT2D eigenvalue weighted by atomic mass is 79.9. The molecule has 0 radical (unpaired) electrons. The smallest absolute Gasteiger partial charge is 0.379 e. The minimum atomic E-state index is -4.25. The van der Waals surface area contributed by atoms with Gasteiger partial charge in [0.25, 0.3) is 5.56 Å². The van der Waals surface area contributed by atoms with E-state index in [0.717, 1.165) is 12.8 Å². The van der Waals surface area contributed by atoms with Crippen LogP contribution in [0.25, 0.3) is 0 Å². The number of nitrogens with zero attached hydrogens (tertiary/aromatic N) is 2. The second kappa shape index (κ2) is 7.04. The number of hydrogen-bond donors (Lipinski definition) is 1. The summed E-state index contributed by atoms with van der Waals surface area (Å²) in [6.07, 6.45) is 4.86. The first-order valence-electron chi connectivity index (χ1n) is 6.57. The van der Waals surface area contributed by atoms with Gasteiger partial charge in [-0.05, 0) is 46.5 Å². The Kier molecular flexibility index (Phi) is 5.59. The van der Waals surface area contributed by atoms with Gasteiger partial charge >= 0.3 is 5.51 Å². The molecule has 0 aliphatic heterocycles. The van der Waals surface area contributed by atoms with Crippen molar-refractivity contribution in [2.45, 2.75) is 31.3 Å². The molecule has 0 saturated heterocycles. The molecule has 2 rings (SSSR count). The van der Waals surface area contributed by atoms with Gasteiger partial charge in [-0.1, -0.05) is 6.42 Å². The van der Waals surface area contributed by atoms with E-state index in [1.54, 1.807) is 0 Å². The lowest BCUT2D eigenvalue weighted by Crippen LogP contribution is -2.31. The number of thioether (sulfide) groups is 1. The van der Waals surface area contributed by atoms with Crippen molar-refractivity contribution in [1.82, 2.24) is 9.78 Å². The monoisotopic (exact) mass is 385 g/mol. The number of halogens is 4. The lowest BCUT2D eigenvalue weighted by atomic mass is 9.85. The van der Waals surface area contributed by atoms with Crippen LogP contribution in [0, 0.1) is 5.92 Å². The molecule has 118 valence electrons. The number of alkyl halides is 3. The Balaban J connectivity index is 1.97. The molecular weight excluding hydrogens is 371 g/mol. The van der Waals surface area contributed by atoms with Crippen LogP contribution in [0.3, 0.4) is 0 Å². The van der Waals surface area contributed by atoms with Gasteiger partial charge in [0.1, 0.15) is 5.69 Å². The van der Waals surface area contributed by atoms with Crippen molar-refractivity contribution in [2.75, 3.05) is 17.6 Å². The van der Waals surface area contributed by atoms with Crippen LogP contribution in [-0.4, -0.2) is 27.6 Å². The van der Waals surface area contributed by atoms with Gasteiger partial charge in [-0.15, -0.1) is 0 Å². The molecule has 0 amide bonds.